The highest BCUT2D eigenvalue weighted by atomic mass is 19.1. The van der Waals surface area contributed by atoms with E-state index in [0.29, 0.717) is 11.8 Å². The molecule has 0 atom stereocenters. The van der Waals surface area contributed by atoms with Crippen LogP contribution in [0.15, 0.2) is 24.3 Å². The SMILES string of the molecule is Cc1cccc(F)c1/C=C/C=O. The molecule has 0 saturated heterocycles. The predicted molar refractivity (Wildman–Crippen MR) is 46.2 cm³/mol. The molecule has 1 rings (SSSR count). The van der Waals surface area contributed by atoms with Crippen molar-refractivity contribution in [1.82, 2.24) is 0 Å². The molecule has 0 aliphatic heterocycles. The fourth-order valence-corrected chi connectivity index (χ4v) is 0.991. The Morgan fingerprint density at radius 1 is 1.42 bits per heavy atom. The first-order chi connectivity index (χ1) is 5.75. The minimum atomic E-state index is -0.298. The van der Waals surface area contributed by atoms with Crippen LogP contribution in [0.4, 0.5) is 4.39 Å². The van der Waals surface area contributed by atoms with Crippen molar-refractivity contribution in [3.8, 4) is 0 Å². The summed E-state index contributed by atoms with van der Waals surface area (Å²) in [6.45, 7) is 1.80. The lowest BCUT2D eigenvalue weighted by Crippen LogP contribution is -1.85. The third-order valence-electron chi connectivity index (χ3n) is 1.61. The van der Waals surface area contributed by atoms with Gasteiger partial charge in [0, 0.05) is 5.56 Å². The molecule has 1 aromatic rings. The quantitative estimate of drug-likeness (QED) is 0.484. The zero-order valence-corrected chi connectivity index (χ0v) is 6.75. The Morgan fingerprint density at radius 2 is 2.17 bits per heavy atom. The van der Waals surface area contributed by atoms with Crippen molar-refractivity contribution in [1.29, 1.82) is 0 Å². The van der Waals surface area contributed by atoms with Crippen LogP contribution in [-0.4, -0.2) is 6.29 Å². The molecule has 0 saturated carbocycles. The van der Waals surface area contributed by atoms with Crippen molar-refractivity contribution < 1.29 is 9.18 Å². The maximum Gasteiger partial charge on any atom is 0.142 e. The van der Waals surface area contributed by atoms with Crippen LogP contribution >= 0.6 is 0 Å². The van der Waals surface area contributed by atoms with Gasteiger partial charge in [-0.3, -0.25) is 4.79 Å². The van der Waals surface area contributed by atoms with E-state index in [-0.39, 0.29) is 5.82 Å². The van der Waals surface area contributed by atoms with E-state index in [2.05, 4.69) is 0 Å². The number of carbonyl (C=O) groups is 1. The normalized spacial score (nSPS) is 10.5. The van der Waals surface area contributed by atoms with Gasteiger partial charge in [-0.25, -0.2) is 4.39 Å². The molecule has 62 valence electrons. The van der Waals surface area contributed by atoms with Gasteiger partial charge < -0.3 is 0 Å². The molecule has 0 aromatic heterocycles. The van der Waals surface area contributed by atoms with E-state index < -0.39 is 0 Å². The molecule has 12 heavy (non-hydrogen) atoms. The van der Waals surface area contributed by atoms with Crippen molar-refractivity contribution in [3.05, 3.63) is 41.2 Å². The number of carbonyl (C=O) groups excluding carboxylic acids is 1. The summed E-state index contributed by atoms with van der Waals surface area (Å²) in [5, 5.41) is 0. The smallest absolute Gasteiger partial charge is 0.142 e. The van der Waals surface area contributed by atoms with Gasteiger partial charge in [-0.15, -0.1) is 0 Å². The zero-order chi connectivity index (χ0) is 8.97. The molecule has 1 aromatic carbocycles. The van der Waals surface area contributed by atoms with Crippen LogP contribution in [0.2, 0.25) is 0 Å². The number of hydrogen-bond acceptors (Lipinski definition) is 1. The zero-order valence-electron chi connectivity index (χ0n) is 6.75. The van der Waals surface area contributed by atoms with Gasteiger partial charge in [-0.1, -0.05) is 12.1 Å². The van der Waals surface area contributed by atoms with Crippen molar-refractivity contribution >= 4 is 12.4 Å². The summed E-state index contributed by atoms with van der Waals surface area (Å²) >= 11 is 0. The lowest BCUT2D eigenvalue weighted by molar-refractivity contribution is -0.104. The van der Waals surface area contributed by atoms with E-state index in [9.17, 15) is 9.18 Å². The van der Waals surface area contributed by atoms with Crippen LogP contribution in [0.25, 0.3) is 6.08 Å². The first-order valence-corrected chi connectivity index (χ1v) is 3.62. The molecule has 2 heteroatoms. The fraction of sp³-hybridized carbons (Fsp3) is 0.100. The van der Waals surface area contributed by atoms with Gasteiger partial charge in [-0.05, 0) is 30.7 Å². The second-order valence-electron chi connectivity index (χ2n) is 2.47. The summed E-state index contributed by atoms with van der Waals surface area (Å²) < 4.78 is 13.0. The van der Waals surface area contributed by atoms with Gasteiger partial charge in [-0.2, -0.15) is 0 Å². The summed E-state index contributed by atoms with van der Waals surface area (Å²) in [4.78, 5) is 9.99. The van der Waals surface area contributed by atoms with E-state index in [1.54, 1.807) is 19.1 Å². The number of benzene rings is 1. The first kappa shape index (κ1) is 8.65. The van der Waals surface area contributed by atoms with Crippen LogP contribution in [0, 0.1) is 12.7 Å². The fourth-order valence-electron chi connectivity index (χ4n) is 0.991. The molecule has 0 amide bonds. The lowest BCUT2D eigenvalue weighted by atomic mass is 10.1. The average Bonchev–Trinajstić information content (AvgIpc) is 2.04. The third-order valence-corrected chi connectivity index (χ3v) is 1.61. The molecular weight excluding hydrogens is 155 g/mol. The molecule has 0 unspecified atom stereocenters. The highest BCUT2D eigenvalue weighted by Crippen LogP contribution is 2.13. The topological polar surface area (TPSA) is 17.1 Å². The summed E-state index contributed by atoms with van der Waals surface area (Å²) in [5.74, 6) is -0.298. The summed E-state index contributed by atoms with van der Waals surface area (Å²) in [7, 11) is 0. The van der Waals surface area contributed by atoms with E-state index in [1.807, 2.05) is 0 Å². The standard InChI is InChI=1S/C10H9FO/c1-8-4-2-6-10(11)9(8)5-3-7-12/h2-7H,1H3/b5-3+. The maximum atomic E-state index is 13.0. The van der Waals surface area contributed by atoms with Gasteiger partial charge in [0.25, 0.3) is 0 Å². The molecule has 1 nitrogen and oxygen atoms in total. The second-order valence-corrected chi connectivity index (χ2v) is 2.47. The Hall–Kier alpha value is -1.44. The first-order valence-electron chi connectivity index (χ1n) is 3.62. The van der Waals surface area contributed by atoms with Crippen molar-refractivity contribution in [2.75, 3.05) is 0 Å². The monoisotopic (exact) mass is 164 g/mol. The molecule has 0 aliphatic carbocycles. The number of rotatable bonds is 2. The highest BCUT2D eigenvalue weighted by molar-refractivity contribution is 5.74. The minimum absolute atomic E-state index is 0.298. The second kappa shape index (κ2) is 3.81. The molecular formula is C10H9FO. The summed E-state index contributed by atoms with van der Waals surface area (Å²) in [6, 6.07) is 4.81. The number of hydrogen-bond donors (Lipinski definition) is 0. The molecule has 0 aliphatic rings. The van der Waals surface area contributed by atoms with Crippen LogP contribution in [0.5, 0.6) is 0 Å². The van der Waals surface area contributed by atoms with Gasteiger partial charge in [0.05, 0.1) is 0 Å². The maximum absolute atomic E-state index is 13.0. The molecule has 0 heterocycles. The van der Waals surface area contributed by atoms with E-state index in [4.69, 9.17) is 0 Å². The number of aryl methyl sites for hydroxylation is 1. The van der Waals surface area contributed by atoms with Crippen molar-refractivity contribution in [3.63, 3.8) is 0 Å². The van der Waals surface area contributed by atoms with Crippen LogP contribution in [-0.2, 0) is 4.79 Å². The minimum Gasteiger partial charge on any atom is -0.299 e. The third kappa shape index (κ3) is 1.78. The largest absolute Gasteiger partial charge is 0.299 e. The van der Waals surface area contributed by atoms with E-state index >= 15 is 0 Å². The molecule has 0 radical (unpaired) electrons. The molecule has 0 N–H and O–H groups in total. The predicted octanol–water partition coefficient (Wildman–Crippen LogP) is 2.35. The number of aldehydes is 1. The molecule has 0 fully saturated rings. The Labute approximate surface area is 70.5 Å². The van der Waals surface area contributed by atoms with Crippen molar-refractivity contribution in [2.45, 2.75) is 6.92 Å². The molecule has 0 spiro atoms. The van der Waals surface area contributed by atoms with Gasteiger partial charge in [0.2, 0.25) is 0 Å². The highest BCUT2D eigenvalue weighted by Gasteiger charge is 1.99. The summed E-state index contributed by atoms with van der Waals surface area (Å²) in [5.41, 5.74) is 1.30. The van der Waals surface area contributed by atoms with E-state index in [0.717, 1.165) is 5.56 Å². The van der Waals surface area contributed by atoms with Crippen LogP contribution < -0.4 is 0 Å². The summed E-state index contributed by atoms with van der Waals surface area (Å²) in [6.07, 6.45) is 3.38. The van der Waals surface area contributed by atoms with Crippen molar-refractivity contribution in [2.24, 2.45) is 0 Å². The Bertz CT molecular complexity index is 295. The Morgan fingerprint density at radius 3 is 2.75 bits per heavy atom. The van der Waals surface area contributed by atoms with Gasteiger partial charge in [0.15, 0.2) is 0 Å². The number of halogens is 1. The average molecular weight is 164 g/mol. The van der Waals surface area contributed by atoms with Crippen LogP contribution in [0.1, 0.15) is 11.1 Å². The molecule has 0 bridgehead atoms. The van der Waals surface area contributed by atoms with E-state index in [1.165, 1.54) is 18.2 Å². The van der Waals surface area contributed by atoms with Gasteiger partial charge >= 0.3 is 0 Å². The van der Waals surface area contributed by atoms with Crippen LogP contribution in [0.3, 0.4) is 0 Å². The lowest BCUT2D eigenvalue weighted by Gasteiger charge is -1.99. The van der Waals surface area contributed by atoms with Gasteiger partial charge in [0.1, 0.15) is 12.1 Å². The Kier molecular flexibility index (Phi) is 2.75. The Balaban J connectivity index is 3.12. The number of allylic oxidation sites excluding steroid dienone is 1.